The van der Waals surface area contributed by atoms with E-state index in [0.29, 0.717) is 0 Å². The van der Waals surface area contributed by atoms with Crippen molar-refractivity contribution in [1.82, 2.24) is 10.2 Å². The maximum atomic E-state index is 12.8. The molecule has 0 aromatic heterocycles. The summed E-state index contributed by atoms with van der Waals surface area (Å²) in [5.74, 6) is -0.258. The summed E-state index contributed by atoms with van der Waals surface area (Å²) >= 11 is 0. The van der Waals surface area contributed by atoms with Gasteiger partial charge in [0.1, 0.15) is 5.82 Å². The summed E-state index contributed by atoms with van der Waals surface area (Å²) in [4.78, 5) is 13.7. The van der Waals surface area contributed by atoms with Gasteiger partial charge in [-0.15, -0.1) is 0 Å². The summed E-state index contributed by atoms with van der Waals surface area (Å²) < 4.78 is 12.8. The fourth-order valence-electron chi connectivity index (χ4n) is 2.03. The van der Waals surface area contributed by atoms with Gasteiger partial charge in [-0.3, -0.25) is 0 Å². The molecular weight excluding hydrogens is 219 g/mol. The number of carbonyl (C=O) groups excluding carboxylic acids is 1. The van der Waals surface area contributed by atoms with Crippen LogP contribution in [0.4, 0.5) is 9.18 Å². The van der Waals surface area contributed by atoms with Crippen LogP contribution in [0.15, 0.2) is 24.3 Å². The molecule has 2 amide bonds. The van der Waals surface area contributed by atoms with E-state index in [2.05, 4.69) is 5.32 Å². The monoisotopic (exact) mass is 236 g/mol. The number of nitrogens with one attached hydrogen (secondary N) is 1. The van der Waals surface area contributed by atoms with Gasteiger partial charge in [0.25, 0.3) is 0 Å². The van der Waals surface area contributed by atoms with E-state index in [1.807, 2.05) is 11.8 Å². The lowest BCUT2D eigenvalue weighted by Crippen LogP contribution is -2.39. The summed E-state index contributed by atoms with van der Waals surface area (Å²) in [6, 6.07) is 6.10. The van der Waals surface area contributed by atoms with E-state index in [9.17, 15) is 9.18 Å². The molecule has 1 unspecified atom stereocenters. The Morgan fingerprint density at radius 1 is 1.29 bits per heavy atom. The molecule has 0 saturated carbocycles. The predicted molar refractivity (Wildman–Crippen MR) is 64.2 cm³/mol. The van der Waals surface area contributed by atoms with Crippen LogP contribution in [0.2, 0.25) is 0 Å². The van der Waals surface area contributed by atoms with Crippen molar-refractivity contribution in [1.29, 1.82) is 0 Å². The van der Waals surface area contributed by atoms with Crippen LogP contribution in [0.1, 0.15) is 31.4 Å². The molecule has 1 N–H and O–H groups in total. The summed E-state index contributed by atoms with van der Waals surface area (Å²) in [6.07, 6.45) is 2.16. The first-order valence-electron chi connectivity index (χ1n) is 5.98. The Morgan fingerprint density at radius 3 is 2.47 bits per heavy atom. The van der Waals surface area contributed by atoms with Crippen LogP contribution in [-0.2, 0) is 0 Å². The highest BCUT2D eigenvalue weighted by atomic mass is 19.1. The minimum Gasteiger partial charge on any atom is -0.331 e. The number of carbonyl (C=O) groups is 1. The van der Waals surface area contributed by atoms with Gasteiger partial charge in [0.05, 0.1) is 6.04 Å². The fraction of sp³-hybridized carbons (Fsp3) is 0.462. The van der Waals surface area contributed by atoms with Gasteiger partial charge >= 0.3 is 6.03 Å². The molecule has 0 aliphatic carbocycles. The molecule has 92 valence electrons. The molecule has 2 rings (SSSR count). The van der Waals surface area contributed by atoms with Gasteiger partial charge < -0.3 is 10.2 Å². The van der Waals surface area contributed by atoms with Crippen molar-refractivity contribution in [2.45, 2.75) is 25.8 Å². The highest BCUT2D eigenvalue weighted by Crippen LogP contribution is 2.14. The summed E-state index contributed by atoms with van der Waals surface area (Å²) in [7, 11) is 0. The summed E-state index contributed by atoms with van der Waals surface area (Å²) in [6.45, 7) is 3.57. The number of urea groups is 1. The third-order valence-corrected chi connectivity index (χ3v) is 3.10. The first-order chi connectivity index (χ1) is 8.16. The van der Waals surface area contributed by atoms with Crippen LogP contribution in [-0.4, -0.2) is 24.0 Å². The van der Waals surface area contributed by atoms with Gasteiger partial charge in [-0.1, -0.05) is 12.1 Å². The standard InChI is InChI=1S/C13H17FN2O/c1-10(11-4-6-12(14)7-5-11)15-13(17)16-8-2-3-9-16/h4-7,10H,2-3,8-9H2,1H3,(H,15,17). The maximum Gasteiger partial charge on any atom is 0.317 e. The molecule has 1 heterocycles. The summed E-state index contributed by atoms with van der Waals surface area (Å²) in [5, 5.41) is 2.92. The molecule has 17 heavy (non-hydrogen) atoms. The van der Waals surface area contributed by atoms with Crippen LogP contribution >= 0.6 is 0 Å². The normalized spacial score (nSPS) is 16.9. The Labute approximate surface area is 101 Å². The molecule has 1 aromatic rings. The van der Waals surface area contributed by atoms with E-state index in [1.165, 1.54) is 12.1 Å². The van der Waals surface area contributed by atoms with Gasteiger partial charge in [-0.25, -0.2) is 9.18 Å². The molecular formula is C13H17FN2O. The Hall–Kier alpha value is -1.58. The van der Waals surface area contributed by atoms with Crippen molar-refractivity contribution in [3.8, 4) is 0 Å². The molecule has 4 heteroatoms. The predicted octanol–water partition coefficient (Wildman–Crippen LogP) is 2.69. The number of benzene rings is 1. The summed E-state index contributed by atoms with van der Waals surface area (Å²) in [5.41, 5.74) is 0.916. The number of nitrogens with zero attached hydrogens (tertiary/aromatic N) is 1. The third kappa shape index (κ3) is 2.96. The van der Waals surface area contributed by atoms with Crippen LogP contribution in [0.5, 0.6) is 0 Å². The Balaban J connectivity index is 1.93. The van der Waals surface area contributed by atoms with E-state index >= 15 is 0 Å². The number of halogens is 1. The lowest BCUT2D eigenvalue weighted by Gasteiger charge is -2.20. The van der Waals surface area contributed by atoms with E-state index < -0.39 is 0 Å². The second-order valence-electron chi connectivity index (χ2n) is 4.42. The molecule has 0 bridgehead atoms. The quantitative estimate of drug-likeness (QED) is 0.841. The Morgan fingerprint density at radius 2 is 1.88 bits per heavy atom. The number of likely N-dealkylation sites (tertiary alicyclic amines) is 1. The zero-order valence-corrected chi connectivity index (χ0v) is 9.95. The van der Waals surface area contributed by atoms with Crippen LogP contribution in [0.25, 0.3) is 0 Å². The smallest absolute Gasteiger partial charge is 0.317 e. The minimum atomic E-state index is -0.258. The molecule has 1 aliphatic rings. The van der Waals surface area contributed by atoms with Crippen molar-refractivity contribution < 1.29 is 9.18 Å². The molecule has 0 radical (unpaired) electrons. The van der Waals surface area contributed by atoms with E-state index in [-0.39, 0.29) is 17.9 Å². The minimum absolute atomic E-state index is 0.0284. The highest BCUT2D eigenvalue weighted by molar-refractivity contribution is 5.74. The number of hydrogen-bond acceptors (Lipinski definition) is 1. The topological polar surface area (TPSA) is 32.3 Å². The van der Waals surface area contributed by atoms with Crippen molar-refractivity contribution >= 4 is 6.03 Å². The maximum absolute atomic E-state index is 12.8. The first kappa shape index (κ1) is 11.9. The highest BCUT2D eigenvalue weighted by Gasteiger charge is 2.19. The molecule has 0 spiro atoms. The van der Waals surface area contributed by atoms with Gasteiger partial charge in [0.15, 0.2) is 0 Å². The third-order valence-electron chi connectivity index (χ3n) is 3.10. The largest absolute Gasteiger partial charge is 0.331 e. The molecule has 1 saturated heterocycles. The molecule has 1 atom stereocenters. The van der Waals surface area contributed by atoms with Crippen LogP contribution in [0.3, 0.4) is 0 Å². The van der Waals surface area contributed by atoms with E-state index in [4.69, 9.17) is 0 Å². The molecule has 3 nitrogen and oxygen atoms in total. The fourth-order valence-corrected chi connectivity index (χ4v) is 2.03. The van der Waals surface area contributed by atoms with Gasteiger partial charge in [0.2, 0.25) is 0 Å². The molecule has 1 fully saturated rings. The Kier molecular flexibility index (Phi) is 3.61. The van der Waals surface area contributed by atoms with Crippen molar-refractivity contribution in [3.63, 3.8) is 0 Å². The van der Waals surface area contributed by atoms with E-state index in [0.717, 1.165) is 31.5 Å². The molecule has 1 aliphatic heterocycles. The van der Waals surface area contributed by atoms with Gasteiger partial charge in [0, 0.05) is 13.1 Å². The van der Waals surface area contributed by atoms with Crippen LogP contribution in [0, 0.1) is 5.82 Å². The first-order valence-corrected chi connectivity index (χ1v) is 5.98. The number of hydrogen-bond donors (Lipinski definition) is 1. The zero-order valence-electron chi connectivity index (χ0n) is 9.95. The Bertz CT molecular complexity index is 385. The number of rotatable bonds is 2. The van der Waals surface area contributed by atoms with Crippen LogP contribution < -0.4 is 5.32 Å². The SMILES string of the molecule is CC(NC(=O)N1CCCC1)c1ccc(F)cc1. The lowest BCUT2D eigenvalue weighted by atomic mass is 10.1. The second kappa shape index (κ2) is 5.17. The second-order valence-corrected chi connectivity index (χ2v) is 4.42. The van der Waals surface area contributed by atoms with Crippen molar-refractivity contribution in [2.75, 3.05) is 13.1 Å². The average molecular weight is 236 g/mol. The van der Waals surface area contributed by atoms with Crippen molar-refractivity contribution in [2.24, 2.45) is 0 Å². The zero-order chi connectivity index (χ0) is 12.3. The van der Waals surface area contributed by atoms with Crippen molar-refractivity contribution in [3.05, 3.63) is 35.6 Å². The van der Waals surface area contributed by atoms with Gasteiger partial charge in [-0.2, -0.15) is 0 Å². The van der Waals surface area contributed by atoms with Gasteiger partial charge in [-0.05, 0) is 37.5 Å². The molecule has 1 aromatic carbocycles. The number of amides is 2. The lowest BCUT2D eigenvalue weighted by molar-refractivity contribution is 0.205. The average Bonchev–Trinajstić information content (AvgIpc) is 2.83. The van der Waals surface area contributed by atoms with E-state index in [1.54, 1.807) is 12.1 Å².